The van der Waals surface area contributed by atoms with E-state index in [1.807, 2.05) is 12.3 Å². The maximum absolute atomic E-state index is 9.84. The van der Waals surface area contributed by atoms with Gasteiger partial charge < -0.3 is 5.11 Å². The molecule has 4 unspecified atom stereocenters. The van der Waals surface area contributed by atoms with Crippen molar-refractivity contribution < 1.29 is 5.11 Å². The van der Waals surface area contributed by atoms with Gasteiger partial charge in [-0.05, 0) is 49.7 Å². The maximum Gasteiger partial charge on any atom is 0.0571 e. The highest BCUT2D eigenvalue weighted by molar-refractivity contribution is 5.13. The predicted molar refractivity (Wildman–Crippen MR) is 58.4 cm³/mol. The van der Waals surface area contributed by atoms with Crippen LogP contribution in [0.1, 0.15) is 37.3 Å². The lowest BCUT2D eigenvalue weighted by molar-refractivity contribution is 0.125. The van der Waals surface area contributed by atoms with E-state index < -0.39 is 0 Å². The number of nitrogens with zero attached hydrogens (tertiary/aromatic N) is 1. The number of fused-ring (bicyclic) bond motifs is 1. The van der Waals surface area contributed by atoms with Gasteiger partial charge in [0.25, 0.3) is 0 Å². The molecule has 2 saturated carbocycles. The van der Waals surface area contributed by atoms with Crippen LogP contribution in [0.25, 0.3) is 0 Å². The first-order valence-electron chi connectivity index (χ1n) is 5.93. The van der Waals surface area contributed by atoms with Crippen molar-refractivity contribution in [1.82, 2.24) is 4.98 Å². The van der Waals surface area contributed by atoms with Crippen LogP contribution in [0.15, 0.2) is 24.4 Å². The average molecular weight is 203 g/mol. The van der Waals surface area contributed by atoms with Crippen LogP contribution in [0.2, 0.25) is 0 Å². The summed E-state index contributed by atoms with van der Waals surface area (Å²) in [7, 11) is 0. The predicted octanol–water partition coefficient (Wildman–Crippen LogP) is 2.35. The Labute approximate surface area is 90.4 Å². The van der Waals surface area contributed by atoms with Crippen LogP contribution < -0.4 is 0 Å². The SMILES string of the molecule is OC1CCC2CC(c3ccccn3)CC12. The summed E-state index contributed by atoms with van der Waals surface area (Å²) >= 11 is 0. The van der Waals surface area contributed by atoms with Gasteiger partial charge in [0.15, 0.2) is 0 Å². The van der Waals surface area contributed by atoms with Crippen molar-refractivity contribution in [2.45, 2.75) is 37.7 Å². The van der Waals surface area contributed by atoms with Crippen LogP contribution in [0.5, 0.6) is 0 Å². The van der Waals surface area contributed by atoms with Gasteiger partial charge in [0, 0.05) is 17.8 Å². The number of aromatic nitrogens is 1. The van der Waals surface area contributed by atoms with Crippen LogP contribution in [-0.2, 0) is 0 Å². The molecule has 2 aliphatic carbocycles. The molecule has 15 heavy (non-hydrogen) atoms. The molecule has 0 saturated heterocycles. The zero-order valence-corrected chi connectivity index (χ0v) is 8.84. The second-order valence-electron chi connectivity index (χ2n) is 4.99. The molecule has 3 rings (SSSR count). The lowest BCUT2D eigenvalue weighted by atomic mass is 9.98. The molecule has 0 amide bonds. The molecule has 2 fully saturated rings. The van der Waals surface area contributed by atoms with Gasteiger partial charge in [-0.2, -0.15) is 0 Å². The van der Waals surface area contributed by atoms with Gasteiger partial charge in [-0.3, -0.25) is 4.98 Å². The molecule has 1 aromatic rings. The fraction of sp³-hybridized carbons (Fsp3) is 0.615. The molecule has 1 N–H and O–H groups in total. The van der Waals surface area contributed by atoms with Crippen molar-refractivity contribution in [3.05, 3.63) is 30.1 Å². The van der Waals surface area contributed by atoms with Gasteiger partial charge in [0.2, 0.25) is 0 Å². The average Bonchev–Trinajstić information content (AvgIpc) is 2.83. The van der Waals surface area contributed by atoms with Gasteiger partial charge >= 0.3 is 0 Å². The third-order valence-electron chi connectivity index (χ3n) is 4.18. The normalized spacial score (nSPS) is 39.3. The Morgan fingerprint density at radius 3 is 2.87 bits per heavy atom. The molecule has 4 atom stereocenters. The van der Waals surface area contributed by atoms with E-state index in [2.05, 4.69) is 17.1 Å². The van der Waals surface area contributed by atoms with E-state index in [1.165, 1.54) is 18.5 Å². The molecular formula is C13H17NO. The Balaban J connectivity index is 1.77. The van der Waals surface area contributed by atoms with E-state index in [9.17, 15) is 5.11 Å². The van der Waals surface area contributed by atoms with Gasteiger partial charge in [-0.25, -0.2) is 0 Å². The number of hydrogen-bond donors (Lipinski definition) is 1. The van der Waals surface area contributed by atoms with Crippen LogP contribution in [0.3, 0.4) is 0 Å². The zero-order valence-electron chi connectivity index (χ0n) is 8.84. The Morgan fingerprint density at radius 1 is 1.20 bits per heavy atom. The highest BCUT2D eigenvalue weighted by Crippen LogP contribution is 2.50. The second-order valence-corrected chi connectivity index (χ2v) is 4.99. The zero-order chi connectivity index (χ0) is 10.3. The van der Waals surface area contributed by atoms with Crippen molar-refractivity contribution in [2.24, 2.45) is 11.8 Å². The Hall–Kier alpha value is -0.890. The molecule has 0 aliphatic heterocycles. The van der Waals surface area contributed by atoms with Crippen LogP contribution in [-0.4, -0.2) is 16.2 Å². The van der Waals surface area contributed by atoms with E-state index in [0.717, 1.165) is 18.8 Å². The summed E-state index contributed by atoms with van der Waals surface area (Å²) < 4.78 is 0. The highest BCUT2D eigenvalue weighted by Gasteiger charge is 2.43. The van der Waals surface area contributed by atoms with E-state index in [1.54, 1.807) is 0 Å². The van der Waals surface area contributed by atoms with Crippen molar-refractivity contribution in [1.29, 1.82) is 0 Å². The van der Waals surface area contributed by atoms with E-state index in [0.29, 0.717) is 11.8 Å². The molecular weight excluding hydrogens is 186 g/mol. The molecule has 80 valence electrons. The minimum Gasteiger partial charge on any atom is -0.393 e. The molecule has 2 aliphatic rings. The van der Waals surface area contributed by atoms with Crippen molar-refractivity contribution in [2.75, 3.05) is 0 Å². The van der Waals surface area contributed by atoms with Gasteiger partial charge in [-0.15, -0.1) is 0 Å². The number of rotatable bonds is 1. The van der Waals surface area contributed by atoms with Crippen LogP contribution in [0, 0.1) is 11.8 Å². The number of aliphatic hydroxyl groups excluding tert-OH is 1. The first kappa shape index (κ1) is 9.34. The Morgan fingerprint density at radius 2 is 2.13 bits per heavy atom. The van der Waals surface area contributed by atoms with Crippen LogP contribution >= 0.6 is 0 Å². The molecule has 0 radical (unpaired) electrons. The summed E-state index contributed by atoms with van der Waals surface area (Å²) in [5.41, 5.74) is 1.22. The maximum atomic E-state index is 9.84. The summed E-state index contributed by atoms with van der Waals surface area (Å²) in [4.78, 5) is 4.43. The van der Waals surface area contributed by atoms with E-state index >= 15 is 0 Å². The lowest BCUT2D eigenvalue weighted by Gasteiger charge is -2.13. The molecule has 0 spiro atoms. The molecule has 2 nitrogen and oxygen atoms in total. The summed E-state index contributed by atoms with van der Waals surface area (Å²) in [6, 6.07) is 6.15. The first-order valence-corrected chi connectivity index (χ1v) is 5.93. The lowest BCUT2D eigenvalue weighted by Crippen LogP contribution is -2.14. The van der Waals surface area contributed by atoms with Gasteiger partial charge in [-0.1, -0.05) is 6.07 Å². The van der Waals surface area contributed by atoms with Crippen molar-refractivity contribution >= 4 is 0 Å². The van der Waals surface area contributed by atoms with Crippen LogP contribution in [0.4, 0.5) is 0 Å². The fourth-order valence-corrected chi connectivity index (χ4v) is 3.42. The number of hydrogen-bond acceptors (Lipinski definition) is 2. The third-order valence-corrected chi connectivity index (χ3v) is 4.18. The van der Waals surface area contributed by atoms with Crippen molar-refractivity contribution in [3.8, 4) is 0 Å². The fourth-order valence-electron chi connectivity index (χ4n) is 3.42. The largest absolute Gasteiger partial charge is 0.393 e. The summed E-state index contributed by atoms with van der Waals surface area (Å²) in [6.07, 6.45) is 6.45. The quantitative estimate of drug-likeness (QED) is 0.760. The molecule has 2 heteroatoms. The van der Waals surface area contributed by atoms with E-state index in [-0.39, 0.29) is 6.10 Å². The molecule has 1 heterocycles. The minimum absolute atomic E-state index is 0.0382. The third kappa shape index (κ3) is 1.57. The molecule has 1 aromatic heterocycles. The number of pyridine rings is 1. The van der Waals surface area contributed by atoms with Gasteiger partial charge in [0.05, 0.1) is 6.10 Å². The summed E-state index contributed by atoms with van der Waals surface area (Å²) in [5, 5.41) is 9.84. The molecule has 0 bridgehead atoms. The van der Waals surface area contributed by atoms with Gasteiger partial charge in [0.1, 0.15) is 0 Å². The summed E-state index contributed by atoms with van der Waals surface area (Å²) in [6.45, 7) is 0. The highest BCUT2D eigenvalue weighted by atomic mass is 16.3. The first-order chi connectivity index (χ1) is 7.34. The monoisotopic (exact) mass is 203 g/mol. The number of aliphatic hydroxyl groups is 1. The standard InChI is InChI=1S/C13H17NO/c15-13-5-4-9-7-10(8-11(9)13)12-3-1-2-6-14-12/h1-3,6,9-11,13,15H,4-5,7-8H2. The minimum atomic E-state index is -0.0382. The van der Waals surface area contributed by atoms with E-state index in [4.69, 9.17) is 0 Å². The molecule has 0 aromatic carbocycles. The Bertz CT molecular complexity index is 338. The second kappa shape index (κ2) is 3.60. The Kier molecular flexibility index (Phi) is 2.24. The smallest absolute Gasteiger partial charge is 0.0571 e. The van der Waals surface area contributed by atoms with Crippen molar-refractivity contribution in [3.63, 3.8) is 0 Å². The summed E-state index contributed by atoms with van der Waals surface area (Å²) in [5.74, 6) is 1.90. The topological polar surface area (TPSA) is 33.1 Å².